The lowest BCUT2D eigenvalue weighted by atomic mass is 10.0. The van der Waals surface area contributed by atoms with E-state index in [1.54, 1.807) is 12.1 Å². The third kappa shape index (κ3) is 4.23. The molecule has 2 aromatic heterocycles. The molecule has 1 fully saturated rings. The molecule has 0 bridgehead atoms. The lowest BCUT2D eigenvalue weighted by molar-refractivity contribution is 0.0737. The van der Waals surface area contributed by atoms with Crippen LogP contribution in [0.3, 0.4) is 0 Å². The van der Waals surface area contributed by atoms with Gasteiger partial charge in [0.05, 0.1) is 22.3 Å². The number of hydrogen-bond donors (Lipinski definition) is 3. The molecule has 0 radical (unpaired) electrons. The number of aromatic hydroxyl groups is 1. The molecule has 1 aliphatic rings. The van der Waals surface area contributed by atoms with Crippen molar-refractivity contribution in [3.05, 3.63) is 77.0 Å². The summed E-state index contributed by atoms with van der Waals surface area (Å²) in [5.41, 5.74) is 5.27. The number of nitrogens with zero attached hydrogens (tertiary/aromatic N) is 3. The Bertz CT molecular complexity index is 1340. The van der Waals surface area contributed by atoms with Gasteiger partial charge in [0.2, 0.25) is 0 Å². The highest BCUT2D eigenvalue weighted by atomic mass is 16.3. The Morgan fingerprint density at radius 2 is 1.85 bits per heavy atom. The van der Waals surface area contributed by atoms with Gasteiger partial charge in [-0.1, -0.05) is 36.4 Å². The number of piperazine rings is 1. The molecule has 0 aliphatic carbocycles. The molecule has 1 aliphatic heterocycles. The molecule has 7 nitrogen and oxygen atoms in total. The van der Waals surface area contributed by atoms with Crippen LogP contribution >= 0.6 is 0 Å². The van der Waals surface area contributed by atoms with E-state index in [1.807, 2.05) is 66.4 Å². The third-order valence-corrected chi connectivity index (χ3v) is 5.91. The maximum Gasteiger partial charge on any atom is 0.254 e. The number of aromatic nitrogens is 3. The number of aryl methyl sites for hydroxylation is 1. The standard InChI is InChI=1S/C26H25N5O2/c1-17-15-19(32)8-9-20(17)23-16-21(26(33)31-13-11-27-12-14-31)24-22(29-30-25(24)28-23)10-7-18-5-3-2-4-6-18/h2-10,15-16,27,32H,11-14H2,1H3,(H,28,29,30). The van der Waals surface area contributed by atoms with Crippen LogP contribution < -0.4 is 5.32 Å². The lowest BCUT2D eigenvalue weighted by Crippen LogP contribution is -2.46. The SMILES string of the molecule is Cc1cc(O)ccc1-c1cc(C(=O)N2CCNCC2)c2c(C=Cc3ccccc3)n[nH]c2n1. The number of hydrogen-bond acceptors (Lipinski definition) is 5. The summed E-state index contributed by atoms with van der Waals surface area (Å²) in [4.78, 5) is 20.3. The normalized spacial score (nSPS) is 14.3. The van der Waals surface area contributed by atoms with Crippen LogP contribution in [0.25, 0.3) is 34.4 Å². The Hall–Kier alpha value is -3.97. The van der Waals surface area contributed by atoms with Crippen molar-refractivity contribution in [2.45, 2.75) is 6.92 Å². The zero-order valence-corrected chi connectivity index (χ0v) is 18.4. The van der Waals surface area contributed by atoms with Crippen molar-refractivity contribution in [3.63, 3.8) is 0 Å². The zero-order valence-electron chi connectivity index (χ0n) is 18.4. The Kier molecular flexibility index (Phi) is 5.62. The fourth-order valence-corrected chi connectivity index (χ4v) is 4.19. The van der Waals surface area contributed by atoms with Crippen LogP contribution in [-0.2, 0) is 0 Å². The fraction of sp³-hybridized carbons (Fsp3) is 0.192. The molecule has 0 unspecified atom stereocenters. The van der Waals surface area contributed by atoms with Crippen molar-refractivity contribution in [3.8, 4) is 17.0 Å². The summed E-state index contributed by atoms with van der Waals surface area (Å²) in [7, 11) is 0. The maximum absolute atomic E-state index is 13.6. The summed E-state index contributed by atoms with van der Waals surface area (Å²) in [6.45, 7) is 4.78. The highest BCUT2D eigenvalue weighted by Gasteiger charge is 2.24. The van der Waals surface area contributed by atoms with Crippen LogP contribution in [0.15, 0.2) is 54.6 Å². The fourth-order valence-electron chi connectivity index (χ4n) is 4.19. The minimum Gasteiger partial charge on any atom is -0.508 e. The van der Waals surface area contributed by atoms with Gasteiger partial charge in [0.25, 0.3) is 5.91 Å². The molecule has 33 heavy (non-hydrogen) atoms. The number of phenolic OH excluding ortho intramolecular Hbond substituents is 1. The number of pyridine rings is 1. The van der Waals surface area contributed by atoms with Crippen LogP contribution in [-0.4, -0.2) is 57.3 Å². The van der Waals surface area contributed by atoms with E-state index >= 15 is 0 Å². The Morgan fingerprint density at radius 3 is 2.61 bits per heavy atom. The first-order valence-corrected chi connectivity index (χ1v) is 11.0. The molecule has 4 aromatic rings. The predicted molar refractivity (Wildman–Crippen MR) is 130 cm³/mol. The summed E-state index contributed by atoms with van der Waals surface area (Å²) in [6, 6.07) is 17.0. The number of amides is 1. The van der Waals surface area contributed by atoms with Gasteiger partial charge in [-0.05, 0) is 48.4 Å². The number of phenols is 1. The van der Waals surface area contributed by atoms with Gasteiger partial charge in [0, 0.05) is 31.7 Å². The van der Waals surface area contributed by atoms with Gasteiger partial charge in [-0.3, -0.25) is 9.89 Å². The number of H-pyrrole nitrogens is 1. The van der Waals surface area contributed by atoms with Crippen molar-refractivity contribution in [1.82, 2.24) is 25.4 Å². The monoisotopic (exact) mass is 439 g/mol. The third-order valence-electron chi connectivity index (χ3n) is 5.91. The molecule has 7 heteroatoms. The first kappa shape index (κ1) is 20.9. The molecule has 0 spiro atoms. The smallest absolute Gasteiger partial charge is 0.254 e. The minimum absolute atomic E-state index is 0.0302. The van der Waals surface area contributed by atoms with Gasteiger partial charge in [0.15, 0.2) is 5.65 Å². The van der Waals surface area contributed by atoms with Crippen LogP contribution in [0.1, 0.15) is 27.2 Å². The van der Waals surface area contributed by atoms with E-state index in [4.69, 9.17) is 4.98 Å². The van der Waals surface area contributed by atoms with Crippen molar-refractivity contribution in [1.29, 1.82) is 0 Å². The van der Waals surface area contributed by atoms with Crippen molar-refractivity contribution in [2.24, 2.45) is 0 Å². The molecule has 3 heterocycles. The molecule has 1 saturated heterocycles. The van der Waals surface area contributed by atoms with Gasteiger partial charge < -0.3 is 15.3 Å². The quantitative estimate of drug-likeness (QED) is 0.449. The number of benzene rings is 2. The molecule has 166 valence electrons. The van der Waals surface area contributed by atoms with Gasteiger partial charge in [-0.2, -0.15) is 5.10 Å². The van der Waals surface area contributed by atoms with Crippen molar-refractivity contribution in [2.75, 3.05) is 26.2 Å². The van der Waals surface area contributed by atoms with E-state index < -0.39 is 0 Å². The molecular formula is C26H25N5O2. The lowest BCUT2D eigenvalue weighted by Gasteiger charge is -2.27. The highest BCUT2D eigenvalue weighted by molar-refractivity contribution is 6.09. The van der Waals surface area contributed by atoms with Crippen molar-refractivity contribution < 1.29 is 9.90 Å². The number of nitrogens with one attached hydrogen (secondary N) is 2. The average molecular weight is 440 g/mol. The van der Waals surface area contributed by atoms with E-state index in [1.165, 1.54) is 0 Å². The Balaban J connectivity index is 1.65. The number of fused-ring (bicyclic) bond motifs is 1. The highest BCUT2D eigenvalue weighted by Crippen LogP contribution is 2.31. The molecule has 1 amide bonds. The molecule has 2 aromatic carbocycles. The first-order chi connectivity index (χ1) is 16.1. The molecular weight excluding hydrogens is 414 g/mol. The molecule has 0 saturated carbocycles. The summed E-state index contributed by atoms with van der Waals surface area (Å²) < 4.78 is 0. The molecule has 5 rings (SSSR count). The molecule has 3 N–H and O–H groups in total. The van der Waals surface area contributed by atoms with E-state index in [0.717, 1.165) is 29.8 Å². The average Bonchev–Trinajstić information content (AvgIpc) is 3.26. The summed E-state index contributed by atoms with van der Waals surface area (Å²) in [5.74, 6) is 0.168. The number of carbonyl (C=O) groups excluding carboxylic acids is 1. The Morgan fingerprint density at radius 1 is 1.06 bits per heavy atom. The van der Waals surface area contributed by atoms with Crippen LogP contribution in [0.4, 0.5) is 0 Å². The van der Waals surface area contributed by atoms with E-state index in [0.29, 0.717) is 41.1 Å². The maximum atomic E-state index is 13.6. The van der Waals surface area contributed by atoms with Crippen molar-refractivity contribution >= 4 is 29.1 Å². The van der Waals surface area contributed by atoms with Gasteiger partial charge in [-0.25, -0.2) is 4.98 Å². The summed E-state index contributed by atoms with van der Waals surface area (Å²) in [5, 5.41) is 21.3. The second-order valence-corrected chi connectivity index (χ2v) is 8.17. The summed E-state index contributed by atoms with van der Waals surface area (Å²) in [6.07, 6.45) is 3.89. The van der Waals surface area contributed by atoms with Crippen LogP contribution in [0, 0.1) is 6.92 Å². The van der Waals surface area contributed by atoms with E-state index in [-0.39, 0.29) is 11.7 Å². The first-order valence-electron chi connectivity index (χ1n) is 11.0. The largest absolute Gasteiger partial charge is 0.508 e. The summed E-state index contributed by atoms with van der Waals surface area (Å²) >= 11 is 0. The predicted octanol–water partition coefficient (Wildman–Crippen LogP) is 3.85. The van der Waals surface area contributed by atoms with Gasteiger partial charge in [-0.15, -0.1) is 0 Å². The van der Waals surface area contributed by atoms with Gasteiger partial charge >= 0.3 is 0 Å². The number of aromatic amines is 1. The van der Waals surface area contributed by atoms with E-state index in [9.17, 15) is 9.90 Å². The second-order valence-electron chi connectivity index (χ2n) is 8.17. The minimum atomic E-state index is -0.0302. The number of carbonyl (C=O) groups is 1. The zero-order chi connectivity index (χ0) is 22.8. The molecule has 0 atom stereocenters. The Labute approximate surface area is 191 Å². The van der Waals surface area contributed by atoms with E-state index in [2.05, 4.69) is 15.5 Å². The number of rotatable bonds is 4. The topological polar surface area (TPSA) is 94.1 Å². The second kappa shape index (κ2) is 8.88. The van der Waals surface area contributed by atoms with Crippen LogP contribution in [0.2, 0.25) is 0 Å². The van der Waals surface area contributed by atoms with Gasteiger partial charge in [0.1, 0.15) is 5.75 Å². The van der Waals surface area contributed by atoms with Crippen LogP contribution in [0.5, 0.6) is 5.75 Å².